The van der Waals surface area contributed by atoms with Crippen molar-refractivity contribution in [2.24, 2.45) is 4.99 Å². The lowest BCUT2D eigenvalue weighted by molar-refractivity contribution is -0.139. The first-order chi connectivity index (χ1) is 20.8. The molecule has 0 N–H and O–H groups in total. The van der Waals surface area contributed by atoms with Gasteiger partial charge in [0.2, 0.25) is 0 Å². The Hall–Kier alpha value is -4.47. The number of nitrogens with zero attached hydrogens (tertiary/aromatic N) is 2. The first kappa shape index (κ1) is 30.0. The third-order valence-corrected chi connectivity index (χ3v) is 8.09. The van der Waals surface area contributed by atoms with Crippen molar-refractivity contribution in [3.63, 3.8) is 0 Å². The van der Waals surface area contributed by atoms with Crippen LogP contribution in [-0.2, 0) is 20.9 Å². The third-order valence-electron chi connectivity index (χ3n) is 6.77. The van der Waals surface area contributed by atoms with Gasteiger partial charge in [-0.1, -0.05) is 65.4 Å². The molecular weight excluding hydrogens is 588 g/mol. The second-order valence-corrected chi connectivity index (χ2v) is 11.0. The average molecular weight is 617 g/mol. The van der Waals surface area contributed by atoms with Crippen LogP contribution < -0.4 is 19.6 Å². The Labute approximate surface area is 257 Å². The number of ether oxygens (including phenoxy) is 3. The maximum absolute atomic E-state index is 13.8. The highest BCUT2D eigenvalue weighted by atomic mass is 35.5. The molecule has 1 atom stereocenters. The number of fused-ring (bicyclic) bond motifs is 1. The molecule has 0 radical (unpaired) electrons. The molecule has 220 valence electrons. The molecule has 0 saturated carbocycles. The van der Waals surface area contributed by atoms with Gasteiger partial charge < -0.3 is 14.2 Å². The molecule has 0 spiro atoms. The number of rotatable bonds is 9. The fraction of sp³-hybridized carbons (Fsp3) is 0.212. The predicted molar refractivity (Wildman–Crippen MR) is 165 cm³/mol. The molecule has 0 saturated heterocycles. The highest BCUT2D eigenvalue weighted by Gasteiger charge is 2.34. The standard InChI is InChI=1S/C33H29ClN2O6S/c1-4-40-31(38)23-14-10-22(11-15-23)19-42-24-16-12-21(13-17-24)18-27-30(37)36-29(25-8-6-7-9-26(25)34)28(32(39)41-5-2)20(3)35-33(36)43-27/h6-18,29H,4-5,19H2,1-3H3/b27-18-/t29-/m1/s1. The minimum Gasteiger partial charge on any atom is -0.489 e. The molecule has 43 heavy (non-hydrogen) atoms. The molecule has 0 unspecified atom stereocenters. The van der Waals surface area contributed by atoms with Crippen molar-refractivity contribution in [3.05, 3.63) is 131 Å². The Kier molecular flexibility index (Phi) is 9.23. The second-order valence-electron chi connectivity index (χ2n) is 9.60. The van der Waals surface area contributed by atoms with Gasteiger partial charge in [-0.3, -0.25) is 9.36 Å². The molecule has 0 amide bonds. The summed E-state index contributed by atoms with van der Waals surface area (Å²) in [6.07, 6.45) is 1.79. The van der Waals surface area contributed by atoms with E-state index in [0.29, 0.717) is 50.1 Å². The molecule has 0 bridgehead atoms. The van der Waals surface area contributed by atoms with E-state index >= 15 is 0 Å². The lowest BCUT2D eigenvalue weighted by Gasteiger charge is -2.25. The van der Waals surface area contributed by atoms with Crippen LogP contribution >= 0.6 is 22.9 Å². The van der Waals surface area contributed by atoms with E-state index in [2.05, 4.69) is 4.99 Å². The Morgan fingerprint density at radius 1 is 0.953 bits per heavy atom. The Morgan fingerprint density at radius 3 is 2.30 bits per heavy atom. The maximum atomic E-state index is 13.8. The van der Waals surface area contributed by atoms with E-state index < -0.39 is 12.0 Å². The normalized spacial score (nSPS) is 14.6. The zero-order valence-electron chi connectivity index (χ0n) is 23.8. The summed E-state index contributed by atoms with van der Waals surface area (Å²) in [5.41, 5.74) is 3.29. The fourth-order valence-corrected chi connectivity index (χ4v) is 6.00. The number of esters is 2. The number of benzene rings is 3. The van der Waals surface area contributed by atoms with Crippen LogP contribution in [0.4, 0.5) is 0 Å². The van der Waals surface area contributed by atoms with E-state index in [4.69, 9.17) is 25.8 Å². The third kappa shape index (κ3) is 6.48. The summed E-state index contributed by atoms with van der Waals surface area (Å²) < 4.78 is 18.2. The first-order valence-electron chi connectivity index (χ1n) is 13.7. The summed E-state index contributed by atoms with van der Waals surface area (Å²) in [5, 5.41) is 0.434. The van der Waals surface area contributed by atoms with E-state index in [0.717, 1.165) is 11.1 Å². The largest absolute Gasteiger partial charge is 0.489 e. The predicted octanol–water partition coefficient (Wildman–Crippen LogP) is 5.21. The number of allylic oxidation sites excluding steroid dienone is 1. The number of aromatic nitrogens is 1. The van der Waals surface area contributed by atoms with Crippen molar-refractivity contribution in [3.8, 4) is 5.75 Å². The summed E-state index contributed by atoms with van der Waals surface area (Å²) >= 11 is 7.81. The summed E-state index contributed by atoms with van der Waals surface area (Å²) in [6.45, 7) is 6.08. The summed E-state index contributed by atoms with van der Waals surface area (Å²) in [5.74, 6) is -0.234. The van der Waals surface area contributed by atoms with Gasteiger partial charge in [-0.2, -0.15) is 0 Å². The molecule has 5 rings (SSSR count). The van der Waals surface area contributed by atoms with Crippen molar-refractivity contribution < 1.29 is 23.8 Å². The lowest BCUT2D eigenvalue weighted by atomic mass is 9.96. The zero-order valence-corrected chi connectivity index (χ0v) is 25.4. The number of carbonyl (C=O) groups excluding carboxylic acids is 2. The van der Waals surface area contributed by atoms with Crippen molar-refractivity contribution in [1.29, 1.82) is 0 Å². The van der Waals surface area contributed by atoms with Crippen LogP contribution in [0.1, 0.15) is 53.9 Å². The van der Waals surface area contributed by atoms with Crippen LogP contribution in [0.15, 0.2) is 93.9 Å². The van der Waals surface area contributed by atoms with E-state index in [1.165, 1.54) is 15.9 Å². The summed E-state index contributed by atoms with van der Waals surface area (Å²) in [7, 11) is 0. The average Bonchev–Trinajstić information content (AvgIpc) is 3.30. The molecule has 4 aromatic rings. The van der Waals surface area contributed by atoms with E-state index in [1.54, 1.807) is 57.2 Å². The maximum Gasteiger partial charge on any atom is 0.338 e. The van der Waals surface area contributed by atoms with Gasteiger partial charge in [0, 0.05) is 5.02 Å². The second kappa shape index (κ2) is 13.2. The van der Waals surface area contributed by atoms with Crippen molar-refractivity contribution in [1.82, 2.24) is 4.57 Å². The smallest absolute Gasteiger partial charge is 0.338 e. The number of hydrogen-bond acceptors (Lipinski definition) is 8. The number of carbonyl (C=O) groups is 2. The SMILES string of the molecule is CCOC(=O)C1=C(C)N=c2s/c(=C\c3ccc(OCc4ccc(C(=O)OCC)cc4)cc3)c(=O)n2[C@@H]1c1ccccc1Cl. The van der Waals surface area contributed by atoms with Crippen LogP contribution in [0.2, 0.25) is 5.02 Å². The van der Waals surface area contributed by atoms with Gasteiger partial charge in [-0.25, -0.2) is 14.6 Å². The molecule has 1 aromatic heterocycles. The van der Waals surface area contributed by atoms with Crippen molar-refractivity contribution in [2.45, 2.75) is 33.4 Å². The lowest BCUT2D eigenvalue weighted by Crippen LogP contribution is -2.40. The Bertz CT molecular complexity index is 1870. The van der Waals surface area contributed by atoms with E-state index in [-0.39, 0.29) is 23.7 Å². The van der Waals surface area contributed by atoms with Gasteiger partial charge in [0.1, 0.15) is 18.4 Å². The highest BCUT2D eigenvalue weighted by molar-refractivity contribution is 7.07. The molecule has 1 aliphatic rings. The van der Waals surface area contributed by atoms with Crippen LogP contribution in [0.3, 0.4) is 0 Å². The van der Waals surface area contributed by atoms with Crippen LogP contribution in [0, 0.1) is 0 Å². The number of hydrogen-bond donors (Lipinski definition) is 0. The first-order valence-corrected chi connectivity index (χ1v) is 14.9. The van der Waals surface area contributed by atoms with Crippen molar-refractivity contribution >= 4 is 41.0 Å². The summed E-state index contributed by atoms with van der Waals surface area (Å²) in [4.78, 5) is 43.7. The number of halogens is 1. The van der Waals surface area contributed by atoms with Gasteiger partial charge in [-0.15, -0.1) is 0 Å². The highest BCUT2D eigenvalue weighted by Crippen LogP contribution is 2.34. The molecule has 2 heterocycles. The Balaban J connectivity index is 1.41. The van der Waals surface area contributed by atoms with Crippen LogP contribution in [0.5, 0.6) is 5.75 Å². The molecule has 0 fully saturated rings. The zero-order chi connectivity index (χ0) is 30.5. The molecule has 3 aromatic carbocycles. The van der Waals surface area contributed by atoms with Gasteiger partial charge in [-0.05, 0) is 73.9 Å². The Morgan fingerprint density at radius 2 is 1.63 bits per heavy atom. The monoisotopic (exact) mass is 616 g/mol. The molecule has 0 aliphatic carbocycles. The molecule has 1 aliphatic heterocycles. The van der Waals surface area contributed by atoms with E-state index in [1.807, 2.05) is 42.5 Å². The van der Waals surface area contributed by atoms with Crippen LogP contribution in [0.25, 0.3) is 6.08 Å². The van der Waals surface area contributed by atoms with Gasteiger partial charge in [0.05, 0.1) is 34.6 Å². The van der Waals surface area contributed by atoms with Gasteiger partial charge in [0.25, 0.3) is 5.56 Å². The topological polar surface area (TPSA) is 96.2 Å². The van der Waals surface area contributed by atoms with Gasteiger partial charge in [0.15, 0.2) is 4.80 Å². The molecule has 10 heteroatoms. The minimum atomic E-state index is -0.770. The molecular formula is C33H29ClN2O6S. The minimum absolute atomic E-state index is 0.191. The van der Waals surface area contributed by atoms with Gasteiger partial charge >= 0.3 is 11.9 Å². The number of thiazole rings is 1. The van der Waals surface area contributed by atoms with Crippen LogP contribution in [-0.4, -0.2) is 29.7 Å². The van der Waals surface area contributed by atoms with E-state index in [9.17, 15) is 14.4 Å². The fourth-order valence-electron chi connectivity index (χ4n) is 4.71. The summed E-state index contributed by atoms with van der Waals surface area (Å²) in [6, 6.07) is 20.8. The van der Waals surface area contributed by atoms with Crippen molar-refractivity contribution in [2.75, 3.05) is 13.2 Å². The quantitative estimate of drug-likeness (QED) is 0.240. The molecule has 8 nitrogen and oxygen atoms in total.